The molecule has 2 saturated heterocycles. The SMILES string of the molecule is CCCC1(O)CN(C(=O)[C@H]2CCCO2)C1. The normalized spacial score (nSPS) is 28.9. The summed E-state index contributed by atoms with van der Waals surface area (Å²) in [5, 5.41) is 9.94. The average molecular weight is 213 g/mol. The average Bonchev–Trinajstić information content (AvgIpc) is 2.66. The maximum absolute atomic E-state index is 11.8. The lowest BCUT2D eigenvalue weighted by Gasteiger charge is -2.47. The highest BCUT2D eigenvalue weighted by atomic mass is 16.5. The number of carbonyl (C=O) groups excluding carboxylic acids is 1. The molecule has 15 heavy (non-hydrogen) atoms. The molecule has 0 unspecified atom stereocenters. The zero-order valence-corrected chi connectivity index (χ0v) is 9.24. The van der Waals surface area contributed by atoms with Gasteiger partial charge in [0, 0.05) is 6.61 Å². The van der Waals surface area contributed by atoms with Crippen LogP contribution in [0.2, 0.25) is 0 Å². The Hall–Kier alpha value is -0.610. The fourth-order valence-corrected chi connectivity index (χ4v) is 2.42. The molecule has 2 rings (SSSR count). The third-order valence-electron chi connectivity index (χ3n) is 3.20. The number of ether oxygens (including phenoxy) is 1. The van der Waals surface area contributed by atoms with E-state index in [9.17, 15) is 9.90 Å². The third kappa shape index (κ3) is 2.16. The van der Waals surface area contributed by atoms with Gasteiger partial charge >= 0.3 is 0 Å². The molecule has 86 valence electrons. The zero-order chi connectivity index (χ0) is 10.9. The van der Waals surface area contributed by atoms with E-state index in [1.54, 1.807) is 4.90 Å². The molecular formula is C11H19NO3. The third-order valence-corrected chi connectivity index (χ3v) is 3.20. The van der Waals surface area contributed by atoms with Crippen LogP contribution in [-0.4, -0.2) is 47.3 Å². The molecule has 2 fully saturated rings. The molecular weight excluding hydrogens is 194 g/mol. The van der Waals surface area contributed by atoms with Crippen molar-refractivity contribution in [1.82, 2.24) is 4.90 Å². The summed E-state index contributed by atoms with van der Waals surface area (Å²) < 4.78 is 5.33. The van der Waals surface area contributed by atoms with Gasteiger partial charge in [-0.15, -0.1) is 0 Å². The van der Waals surface area contributed by atoms with Crippen LogP contribution in [-0.2, 0) is 9.53 Å². The maximum Gasteiger partial charge on any atom is 0.251 e. The van der Waals surface area contributed by atoms with Crippen LogP contribution in [0, 0.1) is 0 Å². The van der Waals surface area contributed by atoms with Gasteiger partial charge in [0.1, 0.15) is 6.10 Å². The standard InChI is InChI=1S/C11H19NO3/c1-2-5-11(14)7-12(8-11)10(13)9-4-3-6-15-9/h9,14H,2-8H2,1H3/t9-/m1/s1. The molecule has 2 aliphatic rings. The van der Waals surface area contributed by atoms with Crippen molar-refractivity contribution in [2.45, 2.75) is 44.3 Å². The van der Waals surface area contributed by atoms with Gasteiger partial charge in [0.05, 0.1) is 18.7 Å². The summed E-state index contributed by atoms with van der Waals surface area (Å²) in [7, 11) is 0. The number of nitrogens with zero attached hydrogens (tertiary/aromatic N) is 1. The van der Waals surface area contributed by atoms with Gasteiger partial charge in [-0.25, -0.2) is 0 Å². The van der Waals surface area contributed by atoms with E-state index >= 15 is 0 Å². The van der Waals surface area contributed by atoms with E-state index < -0.39 is 5.60 Å². The molecule has 0 aromatic carbocycles. The summed E-state index contributed by atoms with van der Waals surface area (Å²) in [6, 6.07) is 0. The molecule has 0 radical (unpaired) electrons. The lowest BCUT2D eigenvalue weighted by atomic mass is 9.89. The van der Waals surface area contributed by atoms with Gasteiger partial charge in [0.25, 0.3) is 5.91 Å². The Kier molecular flexibility index (Phi) is 2.98. The number of carbonyl (C=O) groups is 1. The first kappa shape index (κ1) is 10.9. The predicted molar refractivity (Wildman–Crippen MR) is 55.4 cm³/mol. The molecule has 2 aliphatic heterocycles. The summed E-state index contributed by atoms with van der Waals surface area (Å²) in [6.07, 6.45) is 3.31. The van der Waals surface area contributed by atoms with Gasteiger partial charge in [-0.2, -0.15) is 0 Å². The first-order valence-electron chi connectivity index (χ1n) is 5.77. The van der Waals surface area contributed by atoms with Crippen LogP contribution in [0.3, 0.4) is 0 Å². The number of hydrogen-bond acceptors (Lipinski definition) is 3. The highest BCUT2D eigenvalue weighted by molar-refractivity contribution is 5.82. The van der Waals surface area contributed by atoms with Crippen molar-refractivity contribution >= 4 is 5.91 Å². The Balaban J connectivity index is 1.80. The molecule has 0 spiro atoms. The second-order valence-electron chi connectivity index (χ2n) is 4.67. The lowest BCUT2D eigenvalue weighted by Crippen LogP contribution is -2.64. The minimum atomic E-state index is -0.622. The van der Waals surface area contributed by atoms with Crippen molar-refractivity contribution in [1.29, 1.82) is 0 Å². The smallest absolute Gasteiger partial charge is 0.251 e. The topological polar surface area (TPSA) is 49.8 Å². The van der Waals surface area contributed by atoms with Crippen molar-refractivity contribution in [3.8, 4) is 0 Å². The van der Waals surface area contributed by atoms with Crippen LogP contribution in [0.1, 0.15) is 32.6 Å². The molecule has 2 heterocycles. The van der Waals surface area contributed by atoms with Crippen molar-refractivity contribution in [3.63, 3.8) is 0 Å². The van der Waals surface area contributed by atoms with Crippen LogP contribution >= 0.6 is 0 Å². The van der Waals surface area contributed by atoms with Crippen molar-refractivity contribution in [2.24, 2.45) is 0 Å². The Morgan fingerprint density at radius 2 is 2.33 bits per heavy atom. The molecule has 0 aromatic heterocycles. The summed E-state index contributed by atoms with van der Waals surface area (Å²) in [6.45, 7) is 3.71. The number of aliphatic hydroxyl groups is 1. The van der Waals surface area contributed by atoms with Gasteiger partial charge in [-0.1, -0.05) is 13.3 Å². The maximum atomic E-state index is 11.8. The molecule has 4 heteroatoms. The van der Waals surface area contributed by atoms with Gasteiger partial charge in [0.2, 0.25) is 0 Å². The Labute approximate surface area is 90.2 Å². The predicted octanol–water partition coefficient (Wildman–Crippen LogP) is 0.539. The summed E-state index contributed by atoms with van der Waals surface area (Å²) in [4.78, 5) is 13.5. The highest BCUT2D eigenvalue weighted by Crippen LogP contribution is 2.28. The van der Waals surface area contributed by atoms with Crippen molar-refractivity contribution in [3.05, 3.63) is 0 Å². The molecule has 4 nitrogen and oxygen atoms in total. The van der Waals surface area contributed by atoms with Crippen molar-refractivity contribution in [2.75, 3.05) is 19.7 Å². The largest absolute Gasteiger partial charge is 0.386 e. The van der Waals surface area contributed by atoms with Crippen LogP contribution < -0.4 is 0 Å². The van der Waals surface area contributed by atoms with Crippen LogP contribution in [0.15, 0.2) is 0 Å². The van der Waals surface area contributed by atoms with E-state index in [2.05, 4.69) is 0 Å². The molecule has 1 amide bonds. The van der Waals surface area contributed by atoms with E-state index in [0.717, 1.165) is 25.7 Å². The Bertz CT molecular complexity index is 242. The van der Waals surface area contributed by atoms with E-state index in [-0.39, 0.29) is 12.0 Å². The minimum Gasteiger partial charge on any atom is -0.386 e. The molecule has 0 aromatic rings. The number of likely N-dealkylation sites (tertiary alicyclic amines) is 1. The quantitative estimate of drug-likeness (QED) is 0.744. The Morgan fingerprint density at radius 3 is 2.87 bits per heavy atom. The van der Waals surface area contributed by atoms with E-state index in [0.29, 0.717) is 19.7 Å². The fourth-order valence-electron chi connectivity index (χ4n) is 2.42. The van der Waals surface area contributed by atoms with Crippen LogP contribution in [0.5, 0.6) is 0 Å². The van der Waals surface area contributed by atoms with E-state index in [1.807, 2.05) is 6.92 Å². The molecule has 0 saturated carbocycles. The van der Waals surface area contributed by atoms with Crippen LogP contribution in [0.25, 0.3) is 0 Å². The van der Waals surface area contributed by atoms with E-state index in [1.165, 1.54) is 0 Å². The van der Waals surface area contributed by atoms with Gasteiger partial charge in [-0.3, -0.25) is 4.79 Å². The lowest BCUT2D eigenvalue weighted by molar-refractivity contribution is -0.165. The van der Waals surface area contributed by atoms with Gasteiger partial charge in [-0.05, 0) is 19.3 Å². The molecule has 0 aliphatic carbocycles. The minimum absolute atomic E-state index is 0.0632. The summed E-state index contributed by atoms with van der Waals surface area (Å²) in [5.74, 6) is 0.0632. The van der Waals surface area contributed by atoms with E-state index in [4.69, 9.17) is 4.74 Å². The first-order chi connectivity index (χ1) is 7.14. The number of rotatable bonds is 3. The molecule has 0 bridgehead atoms. The Morgan fingerprint density at radius 1 is 1.60 bits per heavy atom. The summed E-state index contributed by atoms with van der Waals surface area (Å²) in [5.41, 5.74) is -0.622. The van der Waals surface area contributed by atoms with Crippen LogP contribution in [0.4, 0.5) is 0 Å². The summed E-state index contributed by atoms with van der Waals surface area (Å²) >= 11 is 0. The fraction of sp³-hybridized carbons (Fsp3) is 0.909. The van der Waals surface area contributed by atoms with Gasteiger partial charge in [0.15, 0.2) is 0 Å². The highest BCUT2D eigenvalue weighted by Gasteiger charge is 2.44. The first-order valence-corrected chi connectivity index (χ1v) is 5.77. The number of amides is 1. The van der Waals surface area contributed by atoms with Crippen molar-refractivity contribution < 1.29 is 14.6 Å². The van der Waals surface area contributed by atoms with Gasteiger partial charge < -0.3 is 14.7 Å². The zero-order valence-electron chi connectivity index (χ0n) is 9.24. The monoisotopic (exact) mass is 213 g/mol. The second kappa shape index (κ2) is 4.10. The second-order valence-corrected chi connectivity index (χ2v) is 4.67. The number of β-amino-alcohol motifs (C(OH)–C–C–N with tert-alkyl or cyclic N) is 1. The number of hydrogen-bond donors (Lipinski definition) is 1. The molecule has 1 atom stereocenters. The molecule has 1 N–H and O–H groups in total.